The number of aromatic amines is 1. The first-order valence-electron chi connectivity index (χ1n) is 9.34. The lowest BCUT2D eigenvalue weighted by Gasteiger charge is -2.30. The SMILES string of the molecule is CC1CCN(C(=O)c2ccc(Nc3cc(-c4ccc(C#N)s4)[nH]n3)cc2)CC1. The van der Waals surface area contributed by atoms with Gasteiger partial charge in [0.05, 0.1) is 10.6 Å². The number of anilines is 2. The zero-order valence-corrected chi connectivity index (χ0v) is 16.4. The number of carbonyl (C=O) groups excluding carboxylic acids is 1. The van der Waals surface area contributed by atoms with Crippen molar-refractivity contribution in [1.29, 1.82) is 5.26 Å². The number of benzene rings is 1. The molecule has 0 saturated carbocycles. The topological polar surface area (TPSA) is 84.8 Å². The van der Waals surface area contributed by atoms with Gasteiger partial charge in [0.25, 0.3) is 5.91 Å². The van der Waals surface area contributed by atoms with E-state index >= 15 is 0 Å². The Bertz CT molecular complexity index is 1010. The van der Waals surface area contributed by atoms with Crippen LogP contribution in [0, 0.1) is 17.2 Å². The van der Waals surface area contributed by atoms with Crippen LogP contribution in [0.25, 0.3) is 10.6 Å². The van der Waals surface area contributed by atoms with Gasteiger partial charge in [-0.2, -0.15) is 10.4 Å². The van der Waals surface area contributed by atoms with E-state index in [4.69, 9.17) is 5.26 Å². The molecule has 2 aromatic heterocycles. The van der Waals surface area contributed by atoms with Crippen molar-refractivity contribution in [2.75, 3.05) is 18.4 Å². The molecule has 1 aliphatic heterocycles. The van der Waals surface area contributed by atoms with Crippen LogP contribution in [0.2, 0.25) is 0 Å². The van der Waals surface area contributed by atoms with Crippen LogP contribution in [-0.2, 0) is 0 Å². The van der Waals surface area contributed by atoms with Crippen LogP contribution in [0.5, 0.6) is 0 Å². The van der Waals surface area contributed by atoms with E-state index in [1.807, 2.05) is 41.3 Å². The number of likely N-dealkylation sites (tertiary alicyclic amines) is 1. The van der Waals surface area contributed by atoms with Crippen LogP contribution in [-0.4, -0.2) is 34.1 Å². The van der Waals surface area contributed by atoms with Gasteiger partial charge in [-0.1, -0.05) is 6.92 Å². The van der Waals surface area contributed by atoms with Crippen LogP contribution < -0.4 is 5.32 Å². The zero-order valence-electron chi connectivity index (χ0n) is 15.6. The average Bonchev–Trinajstić information content (AvgIpc) is 3.38. The summed E-state index contributed by atoms with van der Waals surface area (Å²) in [5, 5.41) is 19.4. The number of thiophene rings is 1. The predicted octanol–water partition coefficient (Wildman–Crippen LogP) is 4.63. The van der Waals surface area contributed by atoms with E-state index in [0.29, 0.717) is 22.2 Å². The maximum Gasteiger partial charge on any atom is 0.253 e. The normalized spacial score (nSPS) is 14.6. The van der Waals surface area contributed by atoms with Gasteiger partial charge in [-0.25, -0.2) is 0 Å². The van der Waals surface area contributed by atoms with Crippen LogP contribution in [0.15, 0.2) is 42.5 Å². The Morgan fingerprint density at radius 2 is 2.00 bits per heavy atom. The van der Waals surface area contributed by atoms with Crippen molar-refractivity contribution in [3.63, 3.8) is 0 Å². The molecule has 0 bridgehead atoms. The second-order valence-electron chi connectivity index (χ2n) is 7.12. The number of hydrogen-bond acceptors (Lipinski definition) is 5. The van der Waals surface area contributed by atoms with Gasteiger partial charge < -0.3 is 10.2 Å². The highest BCUT2D eigenvalue weighted by Crippen LogP contribution is 2.28. The lowest BCUT2D eigenvalue weighted by molar-refractivity contribution is 0.0697. The minimum atomic E-state index is 0.103. The van der Waals surface area contributed by atoms with Gasteiger partial charge in [0.1, 0.15) is 10.9 Å². The molecule has 7 heteroatoms. The number of nitriles is 1. The number of piperidine rings is 1. The molecule has 142 valence electrons. The van der Waals surface area contributed by atoms with E-state index in [0.717, 1.165) is 42.2 Å². The fraction of sp³-hybridized carbons (Fsp3) is 0.286. The lowest BCUT2D eigenvalue weighted by Crippen LogP contribution is -2.37. The fourth-order valence-electron chi connectivity index (χ4n) is 3.29. The Morgan fingerprint density at radius 1 is 1.25 bits per heavy atom. The number of carbonyl (C=O) groups is 1. The van der Waals surface area contributed by atoms with E-state index in [1.165, 1.54) is 11.3 Å². The summed E-state index contributed by atoms with van der Waals surface area (Å²) >= 11 is 1.42. The van der Waals surface area contributed by atoms with Gasteiger partial charge in [0.15, 0.2) is 5.82 Å². The third kappa shape index (κ3) is 3.92. The molecule has 0 spiro atoms. The molecule has 3 aromatic rings. The standard InChI is InChI=1S/C21H21N5OS/c1-14-8-10-26(11-9-14)21(27)15-2-4-16(5-3-15)23-20-12-18(24-25-20)19-7-6-17(13-22)28-19/h2-7,12,14H,8-11H2,1H3,(H2,23,24,25). The van der Waals surface area contributed by atoms with Crippen LogP contribution in [0.3, 0.4) is 0 Å². The third-order valence-electron chi connectivity index (χ3n) is 5.03. The first kappa shape index (κ1) is 18.3. The van der Waals surface area contributed by atoms with Gasteiger partial charge >= 0.3 is 0 Å². The van der Waals surface area contributed by atoms with Crippen molar-refractivity contribution in [2.24, 2.45) is 5.92 Å². The predicted molar refractivity (Wildman–Crippen MR) is 111 cm³/mol. The number of amides is 1. The first-order chi connectivity index (χ1) is 13.6. The smallest absolute Gasteiger partial charge is 0.253 e. The molecule has 0 radical (unpaired) electrons. The Hall–Kier alpha value is -3.11. The molecule has 0 atom stereocenters. The molecule has 1 fully saturated rings. The summed E-state index contributed by atoms with van der Waals surface area (Å²) in [6.45, 7) is 3.92. The molecule has 0 aliphatic carbocycles. The summed E-state index contributed by atoms with van der Waals surface area (Å²) in [4.78, 5) is 16.2. The maximum atomic E-state index is 12.6. The highest BCUT2D eigenvalue weighted by atomic mass is 32.1. The molecule has 3 heterocycles. The summed E-state index contributed by atoms with van der Waals surface area (Å²) in [6.07, 6.45) is 2.15. The van der Waals surface area contributed by atoms with Gasteiger partial charge in [-0.3, -0.25) is 9.89 Å². The van der Waals surface area contributed by atoms with Gasteiger partial charge in [-0.15, -0.1) is 11.3 Å². The van der Waals surface area contributed by atoms with Gasteiger partial charge in [-0.05, 0) is 55.2 Å². The van der Waals surface area contributed by atoms with Crippen LogP contribution in [0.4, 0.5) is 11.5 Å². The van der Waals surface area contributed by atoms with E-state index in [1.54, 1.807) is 6.07 Å². The summed E-state index contributed by atoms with van der Waals surface area (Å²) < 4.78 is 0. The number of hydrogen-bond donors (Lipinski definition) is 2. The minimum absolute atomic E-state index is 0.103. The fourth-order valence-corrected chi connectivity index (χ4v) is 4.06. The largest absolute Gasteiger partial charge is 0.339 e. The number of nitrogens with one attached hydrogen (secondary N) is 2. The second-order valence-corrected chi connectivity index (χ2v) is 8.20. The third-order valence-corrected chi connectivity index (χ3v) is 6.06. The van der Waals surface area contributed by atoms with E-state index < -0.39 is 0 Å². The lowest BCUT2D eigenvalue weighted by atomic mass is 9.98. The highest BCUT2D eigenvalue weighted by Gasteiger charge is 2.21. The van der Waals surface area contributed by atoms with Crippen molar-refractivity contribution in [2.45, 2.75) is 19.8 Å². The molecular formula is C21H21N5OS. The van der Waals surface area contributed by atoms with Gasteiger partial charge in [0.2, 0.25) is 0 Å². The summed E-state index contributed by atoms with van der Waals surface area (Å²) in [6, 6.07) is 15.3. The van der Waals surface area contributed by atoms with Crippen molar-refractivity contribution in [1.82, 2.24) is 15.1 Å². The van der Waals surface area contributed by atoms with Crippen molar-refractivity contribution < 1.29 is 4.79 Å². The number of aromatic nitrogens is 2. The molecule has 1 saturated heterocycles. The quantitative estimate of drug-likeness (QED) is 0.679. The van der Waals surface area contributed by atoms with E-state index in [2.05, 4.69) is 28.5 Å². The Morgan fingerprint density at radius 3 is 2.68 bits per heavy atom. The van der Waals surface area contributed by atoms with Crippen molar-refractivity contribution in [3.8, 4) is 16.6 Å². The van der Waals surface area contributed by atoms with Crippen molar-refractivity contribution in [3.05, 3.63) is 52.9 Å². The Kier molecular flexibility index (Phi) is 5.13. The van der Waals surface area contributed by atoms with Crippen LogP contribution in [0.1, 0.15) is 35.0 Å². The molecule has 1 aliphatic rings. The average molecular weight is 392 g/mol. The first-order valence-corrected chi connectivity index (χ1v) is 10.2. The molecule has 1 amide bonds. The molecule has 6 nitrogen and oxygen atoms in total. The Balaban J connectivity index is 1.41. The van der Waals surface area contributed by atoms with Gasteiger partial charge in [0, 0.05) is 30.4 Å². The zero-order chi connectivity index (χ0) is 19.5. The molecular weight excluding hydrogens is 370 g/mol. The number of H-pyrrole nitrogens is 1. The molecule has 1 aromatic carbocycles. The molecule has 2 N–H and O–H groups in total. The molecule has 28 heavy (non-hydrogen) atoms. The number of nitrogens with zero attached hydrogens (tertiary/aromatic N) is 3. The summed E-state index contributed by atoms with van der Waals surface area (Å²) in [5.41, 5.74) is 2.44. The second kappa shape index (κ2) is 7.87. The van der Waals surface area contributed by atoms with E-state index in [-0.39, 0.29) is 5.91 Å². The van der Waals surface area contributed by atoms with Crippen LogP contribution >= 0.6 is 11.3 Å². The minimum Gasteiger partial charge on any atom is -0.339 e. The summed E-state index contributed by atoms with van der Waals surface area (Å²) in [7, 11) is 0. The Labute approximate surface area is 167 Å². The monoisotopic (exact) mass is 391 g/mol. The van der Waals surface area contributed by atoms with E-state index in [9.17, 15) is 4.79 Å². The maximum absolute atomic E-state index is 12.6. The summed E-state index contributed by atoms with van der Waals surface area (Å²) in [5.74, 6) is 1.49. The molecule has 0 unspecified atom stereocenters. The number of rotatable bonds is 4. The molecule has 4 rings (SSSR count). The highest BCUT2D eigenvalue weighted by molar-refractivity contribution is 7.15. The van der Waals surface area contributed by atoms with Crippen molar-refractivity contribution >= 4 is 28.7 Å².